The van der Waals surface area contributed by atoms with Gasteiger partial charge in [-0.1, -0.05) is 50.6 Å². The van der Waals surface area contributed by atoms with Crippen molar-refractivity contribution in [1.82, 2.24) is 5.32 Å². The number of ether oxygens (including phenoxy) is 1. The van der Waals surface area contributed by atoms with Crippen LogP contribution in [0.4, 0.5) is 0 Å². The Bertz CT molecular complexity index is 441. The van der Waals surface area contributed by atoms with E-state index in [4.69, 9.17) is 10.5 Å². The minimum atomic E-state index is -0.447. The molecule has 1 fully saturated rings. The Balaban J connectivity index is 0.00000220. The van der Waals surface area contributed by atoms with Crippen LogP contribution in [0.2, 0.25) is 0 Å². The minimum absolute atomic E-state index is 0. The van der Waals surface area contributed by atoms with Gasteiger partial charge in [0.1, 0.15) is 6.10 Å². The maximum absolute atomic E-state index is 12.2. The van der Waals surface area contributed by atoms with E-state index in [0.29, 0.717) is 6.61 Å². The Morgan fingerprint density at radius 2 is 2.10 bits per heavy atom. The maximum atomic E-state index is 12.2. The normalized spacial score (nSPS) is 24.0. The molecule has 3 N–H and O–H groups in total. The summed E-state index contributed by atoms with van der Waals surface area (Å²) in [6.45, 7) is 4.72. The lowest BCUT2D eigenvalue weighted by Gasteiger charge is -2.24. The largest absolute Gasteiger partial charge is 0.371 e. The molecule has 1 heterocycles. The fourth-order valence-corrected chi connectivity index (χ4v) is 2.50. The van der Waals surface area contributed by atoms with Crippen molar-refractivity contribution in [3.63, 3.8) is 0 Å². The van der Waals surface area contributed by atoms with Crippen LogP contribution < -0.4 is 11.1 Å². The summed E-state index contributed by atoms with van der Waals surface area (Å²) in [5.74, 6) is 0.114. The summed E-state index contributed by atoms with van der Waals surface area (Å²) in [5, 5.41) is 3.05. The first-order valence-corrected chi connectivity index (χ1v) is 7.36. The van der Waals surface area contributed by atoms with Crippen LogP contribution in [0.1, 0.15) is 38.4 Å². The van der Waals surface area contributed by atoms with Crippen molar-refractivity contribution in [3.8, 4) is 0 Å². The van der Waals surface area contributed by atoms with Gasteiger partial charge in [-0.3, -0.25) is 4.79 Å². The predicted molar refractivity (Wildman–Crippen MR) is 86.4 cm³/mol. The van der Waals surface area contributed by atoms with Crippen LogP contribution in [0, 0.1) is 5.92 Å². The lowest BCUT2D eigenvalue weighted by atomic mass is 9.97. The summed E-state index contributed by atoms with van der Waals surface area (Å²) in [7, 11) is 0. The third-order valence-electron chi connectivity index (χ3n) is 4.11. The highest BCUT2D eigenvalue weighted by Gasteiger charge is 2.32. The minimum Gasteiger partial charge on any atom is -0.371 e. The molecule has 0 bridgehead atoms. The molecule has 118 valence electrons. The van der Waals surface area contributed by atoms with Gasteiger partial charge in [0.15, 0.2) is 0 Å². The van der Waals surface area contributed by atoms with Gasteiger partial charge in [-0.05, 0) is 17.9 Å². The number of halogens is 1. The monoisotopic (exact) mass is 312 g/mol. The smallest absolute Gasteiger partial charge is 0.237 e. The van der Waals surface area contributed by atoms with Crippen molar-refractivity contribution in [2.45, 2.75) is 44.9 Å². The highest BCUT2D eigenvalue weighted by atomic mass is 35.5. The Morgan fingerprint density at radius 3 is 2.71 bits per heavy atom. The zero-order chi connectivity index (χ0) is 14.5. The molecule has 4 unspecified atom stereocenters. The summed E-state index contributed by atoms with van der Waals surface area (Å²) >= 11 is 0. The third-order valence-corrected chi connectivity index (χ3v) is 4.11. The fourth-order valence-electron chi connectivity index (χ4n) is 2.50. The molecule has 0 spiro atoms. The topological polar surface area (TPSA) is 64.4 Å². The molecule has 1 saturated heterocycles. The molecule has 0 aromatic heterocycles. The van der Waals surface area contributed by atoms with Crippen LogP contribution in [-0.4, -0.2) is 24.6 Å². The molecule has 5 heteroatoms. The molecule has 2 rings (SSSR count). The molecule has 0 saturated carbocycles. The molecule has 1 aliphatic heterocycles. The van der Waals surface area contributed by atoms with E-state index in [0.717, 1.165) is 18.4 Å². The first-order chi connectivity index (χ1) is 9.63. The van der Waals surface area contributed by atoms with E-state index < -0.39 is 6.04 Å². The van der Waals surface area contributed by atoms with Crippen molar-refractivity contribution in [2.75, 3.05) is 6.61 Å². The number of hydrogen-bond donors (Lipinski definition) is 2. The maximum Gasteiger partial charge on any atom is 0.237 e. The number of amides is 1. The Hall–Kier alpha value is -1.10. The highest BCUT2D eigenvalue weighted by molar-refractivity contribution is 5.85. The molecule has 4 atom stereocenters. The van der Waals surface area contributed by atoms with Gasteiger partial charge in [-0.2, -0.15) is 0 Å². The lowest BCUT2D eigenvalue weighted by molar-refractivity contribution is -0.124. The van der Waals surface area contributed by atoms with Crippen molar-refractivity contribution >= 4 is 18.3 Å². The highest BCUT2D eigenvalue weighted by Crippen LogP contribution is 2.29. The molecule has 1 aliphatic rings. The van der Waals surface area contributed by atoms with E-state index in [1.165, 1.54) is 0 Å². The van der Waals surface area contributed by atoms with Crippen LogP contribution in [0.5, 0.6) is 0 Å². The second kappa shape index (κ2) is 8.37. The fraction of sp³-hybridized carbons (Fsp3) is 0.562. The zero-order valence-electron chi connectivity index (χ0n) is 12.6. The number of rotatable bonds is 5. The molecule has 1 amide bonds. The van der Waals surface area contributed by atoms with E-state index in [1.807, 2.05) is 44.2 Å². The van der Waals surface area contributed by atoms with Crippen molar-refractivity contribution in [1.29, 1.82) is 0 Å². The average molecular weight is 313 g/mol. The molecule has 0 radical (unpaired) electrons. The summed E-state index contributed by atoms with van der Waals surface area (Å²) in [5.41, 5.74) is 7.08. The van der Waals surface area contributed by atoms with Gasteiger partial charge in [0.2, 0.25) is 5.91 Å². The molecular formula is C16H25ClN2O2. The first kappa shape index (κ1) is 18.0. The van der Waals surface area contributed by atoms with Crippen molar-refractivity contribution < 1.29 is 9.53 Å². The van der Waals surface area contributed by atoms with Crippen molar-refractivity contribution in [2.24, 2.45) is 11.7 Å². The molecule has 1 aromatic carbocycles. The number of carbonyl (C=O) groups excluding carboxylic acids is 1. The van der Waals surface area contributed by atoms with E-state index in [1.54, 1.807) is 0 Å². The summed E-state index contributed by atoms with van der Waals surface area (Å²) < 4.78 is 5.76. The van der Waals surface area contributed by atoms with Crippen LogP contribution in [0.3, 0.4) is 0 Å². The Labute approximate surface area is 132 Å². The third kappa shape index (κ3) is 4.43. The van der Waals surface area contributed by atoms with Crippen LogP contribution in [-0.2, 0) is 9.53 Å². The van der Waals surface area contributed by atoms with E-state index in [-0.39, 0.29) is 36.4 Å². The first-order valence-electron chi connectivity index (χ1n) is 7.36. The van der Waals surface area contributed by atoms with Gasteiger partial charge < -0.3 is 15.8 Å². The quantitative estimate of drug-likeness (QED) is 0.877. The summed E-state index contributed by atoms with van der Waals surface area (Å²) in [4.78, 5) is 12.2. The van der Waals surface area contributed by atoms with E-state index in [9.17, 15) is 4.79 Å². The van der Waals surface area contributed by atoms with E-state index in [2.05, 4.69) is 5.32 Å². The van der Waals surface area contributed by atoms with Crippen LogP contribution >= 0.6 is 12.4 Å². The zero-order valence-corrected chi connectivity index (χ0v) is 13.4. The Kier molecular flexibility index (Phi) is 7.15. The average Bonchev–Trinajstić information content (AvgIpc) is 2.94. The number of benzene rings is 1. The van der Waals surface area contributed by atoms with E-state index >= 15 is 0 Å². The van der Waals surface area contributed by atoms with Gasteiger partial charge in [0, 0.05) is 6.61 Å². The van der Waals surface area contributed by atoms with Crippen LogP contribution in [0.25, 0.3) is 0 Å². The lowest BCUT2D eigenvalue weighted by Crippen LogP contribution is -2.49. The van der Waals surface area contributed by atoms with Gasteiger partial charge in [-0.25, -0.2) is 0 Å². The summed E-state index contributed by atoms with van der Waals surface area (Å²) in [6.07, 6.45) is 1.67. The van der Waals surface area contributed by atoms with Gasteiger partial charge in [0.05, 0.1) is 12.1 Å². The molecule has 21 heavy (non-hydrogen) atoms. The molecule has 1 aromatic rings. The standard InChI is InChI=1S/C16H24N2O2.ClH/c1-3-11(2)14(17)16(19)18-13-9-10-20-15(13)12-7-5-4-6-8-12;/h4-8,11,13-15H,3,9-10,17H2,1-2H3,(H,18,19);1H. The van der Waals surface area contributed by atoms with Gasteiger partial charge in [-0.15, -0.1) is 12.4 Å². The number of hydrogen-bond acceptors (Lipinski definition) is 3. The number of carbonyl (C=O) groups is 1. The second-order valence-corrected chi connectivity index (χ2v) is 5.52. The number of nitrogens with two attached hydrogens (primary N) is 1. The predicted octanol–water partition coefficient (Wildman–Crippen LogP) is 2.43. The SMILES string of the molecule is CCC(C)C(N)C(=O)NC1CCOC1c1ccccc1.Cl. The molecular weight excluding hydrogens is 288 g/mol. The van der Waals surface area contributed by atoms with Gasteiger partial charge in [0.25, 0.3) is 0 Å². The Morgan fingerprint density at radius 1 is 1.43 bits per heavy atom. The van der Waals surface area contributed by atoms with Crippen molar-refractivity contribution in [3.05, 3.63) is 35.9 Å². The summed E-state index contributed by atoms with van der Waals surface area (Å²) in [6, 6.07) is 9.58. The van der Waals surface area contributed by atoms with Gasteiger partial charge >= 0.3 is 0 Å². The van der Waals surface area contributed by atoms with Crippen LogP contribution in [0.15, 0.2) is 30.3 Å². The molecule has 0 aliphatic carbocycles. The molecule has 4 nitrogen and oxygen atoms in total. The number of nitrogens with one attached hydrogen (secondary N) is 1. The second-order valence-electron chi connectivity index (χ2n) is 5.52.